The zero-order chi connectivity index (χ0) is 13.9. The van der Waals surface area contributed by atoms with Gasteiger partial charge in [-0.25, -0.2) is 0 Å². The van der Waals surface area contributed by atoms with Crippen molar-refractivity contribution >= 4 is 0 Å². The Morgan fingerprint density at radius 2 is 1.79 bits per heavy atom. The van der Waals surface area contributed by atoms with E-state index in [0.717, 1.165) is 31.6 Å². The summed E-state index contributed by atoms with van der Waals surface area (Å²) in [5.41, 5.74) is 7.35. The van der Waals surface area contributed by atoms with E-state index in [2.05, 4.69) is 12.1 Å². The van der Waals surface area contributed by atoms with Gasteiger partial charge in [-0.1, -0.05) is 12.1 Å². The molecule has 0 aliphatic heterocycles. The smallest absolute Gasteiger partial charge is 0.118 e. The van der Waals surface area contributed by atoms with E-state index in [4.69, 9.17) is 19.9 Å². The summed E-state index contributed by atoms with van der Waals surface area (Å²) in [6, 6.07) is 8.24. The second-order valence-corrected chi connectivity index (χ2v) is 4.56. The van der Waals surface area contributed by atoms with Crippen molar-refractivity contribution in [2.45, 2.75) is 25.3 Å². The van der Waals surface area contributed by atoms with Gasteiger partial charge in [0.15, 0.2) is 0 Å². The van der Waals surface area contributed by atoms with Gasteiger partial charge in [-0.05, 0) is 37.0 Å². The molecule has 0 fully saturated rings. The molecule has 1 aromatic rings. The number of rotatable bonds is 10. The van der Waals surface area contributed by atoms with Crippen LogP contribution >= 0.6 is 0 Å². The summed E-state index contributed by atoms with van der Waals surface area (Å²) in [5, 5.41) is 0. The first-order valence-electron chi connectivity index (χ1n) is 6.71. The number of hydrogen-bond donors (Lipinski definition) is 1. The summed E-state index contributed by atoms with van der Waals surface area (Å²) in [6.45, 7) is 2.06. The van der Waals surface area contributed by atoms with Crippen LogP contribution < -0.4 is 10.5 Å². The number of methoxy groups -OCH3 is 2. The van der Waals surface area contributed by atoms with Crippen LogP contribution in [0.1, 0.15) is 18.4 Å². The van der Waals surface area contributed by atoms with Crippen molar-refractivity contribution in [2.75, 3.05) is 34.0 Å². The average molecular weight is 267 g/mol. The van der Waals surface area contributed by atoms with E-state index in [0.29, 0.717) is 13.2 Å². The van der Waals surface area contributed by atoms with E-state index in [1.807, 2.05) is 12.1 Å². The van der Waals surface area contributed by atoms with Crippen molar-refractivity contribution in [1.29, 1.82) is 0 Å². The van der Waals surface area contributed by atoms with Crippen LogP contribution in [0.4, 0.5) is 0 Å². The van der Waals surface area contributed by atoms with Crippen LogP contribution in [-0.2, 0) is 15.9 Å². The Balaban J connectivity index is 2.14. The molecule has 0 amide bonds. The topological polar surface area (TPSA) is 53.7 Å². The second kappa shape index (κ2) is 9.78. The number of benzene rings is 1. The minimum Gasteiger partial charge on any atom is -0.497 e. The zero-order valence-corrected chi connectivity index (χ0v) is 11.9. The molecule has 0 aliphatic carbocycles. The fourth-order valence-electron chi connectivity index (χ4n) is 1.86. The van der Waals surface area contributed by atoms with Crippen LogP contribution in [0, 0.1) is 0 Å². The normalized spacial score (nSPS) is 12.4. The molecular formula is C15H25NO3. The highest BCUT2D eigenvalue weighted by Crippen LogP contribution is 2.13. The molecule has 4 heteroatoms. The van der Waals surface area contributed by atoms with Gasteiger partial charge < -0.3 is 19.9 Å². The first kappa shape index (κ1) is 16.0. The third-order valence-corrected chi connectivity index (χ3v) is 2.95. The first-order chi connectivity index (χ1) is 9.26. The lowest BCUT2D eigenvalue weighted by atomic mass is 10.0. The van der Waals surface area contributed by atoms with Crippen LogP contribution in [-0.4, -0.2) is 40.1 Å². The van der Waals surface area contributed by atoms with Gasteiger partial charge in [-0.2, -0.15) is 0 Å². The molecule has 1 unspecified atom stereocenters. The zero-order valence-electron chi connectivity index (χ0n) is 11.9. The van der Waals surface area contributed by atoms with Crippen molar-refractivity contribution in [3.05, 3.63) is 29.8 Å². The lowest BCUT2D eigenvalue weighted by molar-refractivity contribution is 0.0682. The number of ether oxygens (including phenoxy) is 3. The predicted octanol–water partition coefficient (Wildman–Crippen LogP) is 2.01. The number of nitrogens with two attached hydrogens (primary N) is 1. The van der Waals surface area contributed by atoms with Gasteiger partial charge in [-0.3, -0.25) is 0 Å². The fraction of sp³-hybridized carbons (Fsp3) is 0.600. The van der Waals surface area contributed by atoms with Crippen molar-refractivity contribution < 1.29 is 14.2 Å². The van der Waals surface area contributed by atoms with Crippen molar-refractivity contribution in [3.8, 4) is 5.75 Å². The summed E-state index contributed by atoms with van der Waals surface area (Å²) in [4.78, 5) is 0. The molecular weight excluding hydrogens is 242 g/mol. The van der Waals surface area contributed by atoms with E-state index in [1.54, 1.807) is 14.2 Å². The van der Waals surface area contributed by atoms with Crippen LogP contribution in [0.15, 0.2) is 24.3 Å². The molecule has 0 bridgehead atoms. The summed E-state index contributed by atoms with van der Waals surface area (Å²) in [6.07, 6.45) is 2.85. The highest BCUT2D eigenvalue weighted by Gasteiger charge is 2.04. The van der Waals surface area contributed by atoms with E-state index in [1.165, 1.54) is 5.56 Å². The minimum atomic E-state index is 0.180. The third kappa shape index (κ3) is 7.15. The molecule has 0 aliphatic rings. The molecule has 0 spiro atoms. The quantitative estimate of drug-likeness (QED) is 0.659. The Hall–Kier alpha value is -1.10. The summed E-state index contributed by atoms with van der Waals surface area (Å²) < 4.78 is 15.4. The van der Waals surface area contributed by atoms with E-state index < -0.39 is 0 Å². The van der Waals surface area contributed by atoms with E-state index in [9.17, 15) is 0 Å². The van der Waals surface area contributed by atoms with Crippen LogP contribution in [0.2, 0.25) is 0 Å². The Labute approximate surface area is 115 Å². The van der Waals surface area contributed by atoms with E-state index >= 15 is 0 Å². The van der Waals surface area contributed by atoms with Crippen molar-refractivity contribution in [3.63, 3.8) is 0 Å². The highest BCUT2D eigenvalue weighted by molar-refractivity contribution is 5.27. The molecule has 108 valence electrons. The van der Waals surface area contributed by atoms with Gasteiger partial charge >= 0.3 is 0 Å². The third-order valence-electron chi connectivity index (χ3n) is 2.95. The highest BCUT2D eigenvalue weighted by atomic mass is 16.5. The van der Waals surface area contributed by atoms with Crippen molar-refractivity contribution in [1.82, 2.24) is 0 Å². The molecule has 4 nitrogen and oxygen atoms in total. The molecule has 19 heavy (non-hydrogen) atoms. The first-order valence-corrected chi connectivity index (χ1v) is 6.71. The lowest BCUT2D eigenvalue weighted by Gasteiger charge is -2.12. The van der Waals surface area contributed by atoms with E-state index in [-0.39, 0.29) is 6.04 Å². The minimum absolute atomic E-state index is 0.180. The Kier molecular flexibility index (Phi) is 8.21. The lowest BCUT2D eigenvalue weighted by Crippen LogP contribution is -2.23. The molecule has 0 heterocycles. The van der Waals surface area contributed by atoms with Crippen LogP contribution in [0.5, 0.6) is 5.75 Å². The molecule has 2 N–H and O–H groups in total. The molecule has 0 aromatic heterocycles. The van der Waals surface area contributed by atoms with Gasteiger partial charge in [0.05, 0.1) is 20.3 Å². The molecule has 0 radical (unpaired) electrons. The fourth-order valence-corrected chi connectivity index (χ4v) is 1.86. The molecule has 1 aromatic carbocycles. The number of hydrogen-bond acceptors (Lipinski definition) is 4. The summed E-state index contributed by atoms with van der Waals surface area (Å²) in [7, 11) is 3.35. The predicted molar refractivity (Wildman–Crippen MR) is 76.6 cm³/mol. The van der Waals surface area contributed by atoms with Gasteiger partial charge in [0.1, 0.15) is 5.75 Å². The average Bonchev–Trinajstić information content (AvgIpc) is 2.43. The van der Waals surface area contributed by atoms with Crippen molar-refractivity contribution in [2.24, 2.45) is 5.73 Å². The summed E-state index contributed by atoms with van der Waals surface area (Å²) >= 11 is 0. The Morgan fingerprint density at radius 1 is 1.05 bits per heavy atom. The Morgan fingerprint density at radius 3 is 2.42 bits per heavy atom. The van der Waals surface area contributed by atoms with Gasteiger partial charge in [0.25, 0.3) is 0 Å². The monoisotopic (exact) mass is 267 g/mol. The Bertz CT molecular complexity index is 327. The van der Waals surface area contributed by atoms with Gasteiger partial charge in [0.2, 0.25) is 0 Å². The van der Waals surface area contributed by atoms with Gasteiger partial charge in [0, 0.05) is 19.8 Å². The maximum atomic E-state index is 6.11. The SMILES string of the molecule is COCCOCCCC(N)Cc1ccc(OC)cc1. The molecule has 0 saturated carbocycles. The standard InChI is InChI=1S/C15H25NO3/c1-17-10-11-19-9-3-4-14(16)12-13-5-7-15(18-2)8-6-13/h5-8,14H,3-4,9-12,16H2,1-2H3. The largest absolute Gasteiger partial charge is 0.497 e. The second-order valence-electron chi connectivity index (χ2n) is 4.56. The maximum absolute atomic E-state index is 6.11. The van der Waals surface area contributed by atoms with Crippen LogP contribution in [0.3, 0.4) is 0 Å². The van der Waals surface area contributed by atoms with Crippen LogP contribution in [0.25, 0.3) is 0 Å². The summed E-state index contributed by atoms with van der Waals surface area (Å²) in [5.74, 6) is 0.879. The molecule has 1 rings (SSSR count). The molecule has 1 atom stereocenters. The maximum Gasteiger partial charge on any atom is 0.118 e. The van der Waals surface area contributed by atoms with Gasteiger partial charge in [-0.15, -0.1) is 0 Å². The molecule has 0 saturated heterocycles.